The summed E-state index contributed by atoms with van der Waals surface area (Å²) >= 11 is 6.08. The van der Waals surface area contributed by atoms with Crippen LogP contribution in [0.1, 0.15) is 28.5 Å². The number of aromatic nitrogens is 2. The summed E-state index contributed by atoms with van der Waals surface area (Å²) in [7, 11) is 1.53. The van der Waals surface area contributed by atoms with Gasteiger partial charge in [0.15, 0.2) is 0 Å². The van der Waals surface area contributed by atoms with Gasteiger partial charge >= 0.3 is 0 Å². The zero-order chi connectivity index (χ0) is 20.1. The fraction of sp³-hybridized carbons (Fsp3) is 0.190. The third kappa shape index (κ3) is 4.40. The SMILES string of the molecule is CCc1cccc(C)c1Nc1cnc(C(=O)Nc2ccc(OC)c(Cl)c2)cn1. The molecule has 28 heavy (non-hydrogen) atoms. The fourth-order valence-electron chi connectivity index (χ4n) is 2.78. The highest BCUT2D eigenvalue weighted by atomic mass is 35.5. The molecule has 0 saturated heterocycles. The lowest BCUT2D eigenvalue weighted by Gasteiger charge is -2.13. The molecule has 144 valence electrons. The monoisotopic (exact) mass is 396 g/mol. The van der Waals surface area contributed by atoms with E-state index in [9.17, 15) is 4.79 Å². The minimum absolute atomic E-state index is 0.206. The van der Waals surface area contributed by atoms with E-state index in [4.69, 9.17) is 16.3 Å². The van der Waals surface area contributed by atoms with E-state index in [0.717, 1.165) is 17.7 Å². The molecule has 3 aromatic rings. The first-order chi connectivity index (χ1) is 13.5. The molecule has 2 N–H and O–H groups in total. The van der Waals surface area contributed by atoms with Crippen LogP contribution in [0.25, 0.3) is 0 Å². The largest absolute Gasteiger partial charge is 0.495 e. The van der Waals surface area contributed by atoms with E-state index < -0.39 is 0 Å². The number of aryl methyl sites for hydroxylation is 2. The molecule has 0 spiro atoms. The first kappa shape index (κ1) is 19.6. The van der Waals surface area contributed by atoms with Crippen LogP contribution in [0.2, 0.25) is 5.02 Å². The van der Waals surface area contributed by atoms with Crippen molar-refractivity contribution < 1.29 is 9.53 Å². The summed E-state index contributed by atoms with van der Waals surface area (Å²) < 4.78 is 5.10. The molecule has 0 fully saturated rings. The molecule has 3 rings (SSSR count). The summed E-state index contributed by atoms with van der Waals surface area (Å²) in [6.07, 6.45) is 3.89. The quantitative estimate of drug-likeness (QED) is 0.612. The molecular formula is C21H21ClN4O2. The Bertz CT molecular complexity index is 990. The van der Waals surface area contributed by atoms with E-state index in [-0.39, 0.29) is 11.6 Å². The van der Waals surface area contributed by atoms with E-state index in [2.05, 4.69) is 33.6 Å². The number of para-hydroxylation sites is 1. The van der Waals surface area contributed by atoms with E-state index in [1.54, 1.807) is 24.4 Å². The highest BCUT2D eigenvalue weighted by Crippen LogP contribution is 2.27. The van der Waals surface area contributed by atoms with Crippen LogP contribution in [-0.4, -0.2) is 23.0 Å². The summed E-state index contributed by atoms with van der Waals surface area (Å²) in [5.74, 6) is 0.746. The molecule has 1 amide bonds. The van der Waals surface area contributed by atoms with Gasteiger partial charge in [-0.3, -0.25) is 4.79 Å². The molecule has 0 bridgehead atoms. The molecule has 0 aliphatic rings. The van der Waals surface area contributed by atoms with E-state index in [0.29, 0.717) is 22.3 Å². The predicted molar refractivity (Wildman–Crippen MR) is 112 cm³/mol. The third-order valence-corrected chi connectivity index (χ3v) is 4.58. The van der Waals surface area contributed by atoms with Gasteiger partial charge in [-0.05, 0) is 42.7 Å². The van der Waals surface area contributed by atoms with Gasteiger partial charge in [0.1, 0.15) is 17.3 Å². The van der Waals surface area contributed by atoms with E-state index in [1.165, 1.54) is 18.9 Å². The van der Waals surface area contributed by atoms with Crippen LogP contribution in [0.15, 0.2) is 48.8 Å². The van der Waals surface area contributed by atoms with Crippen molar-refractivity contribution in [2.45, 2.75) is 20.3 Å². The van der Waals surface area contributed by atoms with Crippen LogP contribution in [0.3, 0.4) is 0 Å². The maximum absolute atomic E-state index is 12.4. The Morgan fingerprint density at radius 2 is 2.00 bits per heavy atom. The lowest BCUT2D eigenvalue weighted by Crippen LogP contribution is -2.14. The van der Waals surface area contributed by atoms with Crippen LogP contribution >= 0.6 is 11.6 Å². The Labute approximate surface area is 168 Å². The number of carbonyl (C=O) groups excluding carboxylic acids is 1. The van der Waals surface area contributed by atoms with Gasteiger partial charge in [-0.25, -0.2) is 9.97 Å². The molecule has 2 aromatic carbocycles. The van der Waals surface area contributed by atoms with Crippen molar-refractivity contribution >= 4 is 34.7 Å². The topological polar surface area (TPSA) is 76.1 Å². The number of carbonyl (C=O) groups is 1. The van der Waals surface area contributed by atoms with Gasteiger partial charge in [0.05, 0.1) is 24.5 Å². The summed E-state index contributed by atoms with van der Waals surface area (Å²) in [6.45, 7) is 4.14. The Balaban J connectivity index is 1.72. The predicted octanol–water partition coefficient (Wildman–Crippen LogP) is 5.01. The molecule has 1 heterocycles. The molecule has 7 heteroatoms. The molecule has 0 aliphatic carbocycles. The molecule has 0 aliphatic heterocycles. The number of methoxy groups -OCH3 is 1. The van der Waals surface area contributed by atoms with Crippen molar-refractivity contribution in [1.29, 1.82) is 0 Å². The summed E-state index contributed by atoms with van der Waals surface area (Å²) in [5.41, 5.74) is 4.09. The van der Waals surface area contributed by atoms with Crippen LogP contribution < -0.4 is 15.4 Å². The second-order valence-corrected chi connectivity index (χ2v) is 6.59. The lowest BCUT2D eigenvalue weighted by molar-refractivity contribution is 0.102. The Morgan fingerprint density at radius 3 is 2.64 bits per heavy atom. The van der Waals surface area contributed by atoms with Gasteiger partial charge in [0.25, 0.3) is 5.91 Å². The molecule has 0 unspecified atom stereocenters. The molecule has 0 saturated carbocycles. The van der Waals surface area contributed by atoms with E-state index in [1.807, 2.05) is 19.1 Å². The second-order valence-electron chi connectivity index (χ2n) is 6.18. The summed E-state index contributed by atoms with van der Waals surface area (Å²) in [5, 5.41) is 6.45. The number of hydrogen-bond acceptors (Lipinski definition) is 5. The number of benzene rings is 2. The van der Waals surface area contributed by atoms with Crippen LogP contribution in [0.4, 0.5) is 17.2 Å². The molecule has 0 radical (unpaired) electrons. The van der Waals surface area contributed by atoms with Crippen molar-refractivity contribution in [2.75, 3.05) is 17.7 Å². The van der Waals surface area contributed by atoms with Crippen molar-refractivity contribution in [3.63, 3.8) is 0 Å². The van der Waals surface area contributed by atoms with Crippen LogP contribution in [0, 0.1) is 6.92 Å². The standard InChI is InChI=1S/C21H21ClN4O2/c1-4-14-7-5-6-13(2)20(14)26-19-12-23-17(11-24-19)21(27)25-15-8-9-18(28-3)16(22)10-15/h5-12H,4H2,1-3H3,(H,24,26)(H,25,27). The molecule has 0 atom stereocenters. The van der Waals surface area contributed by atoms with E-state index >= 15 is 0 Å². The zero-order valence-electron chi connectivity index (χ0n) is 15.9. The normalized spacial score (nSPS) is 10.4. The summed E-state index contributed by atoms with van der Waals surface area (Å²) in [6, 6.07) is 11.2. The number of ether oxygens (including phenoxy) is 1. The van der Waals surface area contributed by atoms with Crippen LogP contribution in [0.5, 0.6) is 5.75 Å². The van der Waals surface area contributed by atoms with Gasteiger partial charge < -0.3 is 15.4 Å². The van der Waals surface area contributed by atoms with Crippen LogP contribution in [-0.2, 0) is 6.42 Å². The number of anilines is 3. The summed E-state index contributed by atoms with van der Waals surface area (Å²) in [4.78, 5) is 20.9. The lowest BCUT2D eigenvalue weighted by atomic mass is 10.1. The van der Waals surface area contributed by atoms with Crippen molar-refractivity contribution in [1.82, 2.24) is 9.97 Å². The molecule has 1 aromatic heterocycles. The Kier molecular flexibility index (Phi) is 6.11. The number of nitrogens with zero attached hydrogens (tertiary/aromatic N) is 2. The number of hydrogen-bond donors (Lipinski definition) is 2. The Hall–Kier alpha value is -3.12. The van der Waals surface area contributed by atoms with Gasteiger partial charge in [0.2, 0.25) is 0 Å². The van der Waals surface area contributed by atoms with Gasteiger partial charge in [0, 0.05) is 11.4 Å². The number of rotatable bonds is 6. The molecule has 6 nitrogen and oxygen atoms in total. The Morgan fingerprint density at radius 1 is 1.18 bits per heavy atom. The van der Waals surface area contributed by atoms with Crippen molar-refractivity contribution in [3.05, 3.63) is 70.6 Å². The minimum Gasteiger partial charge on any atom is -0.495 e. The second kappa shape index (κ2) is 8.71. The number of amides is 1. The third-order valence-electron chi connectivity index (χ3n) is 4.29. The fourth-order valence-corrected chi connectivity index (χ4v) is 3.04. The highest BCUT2D eigenvalue weighted by Gasteiger charge is 2.11. The zero-order valence-corrected chi connectivity index (χ0v) is 16.7. The smallest absolute Gasteiger partial charge is 0.275 e. The van der Waals surface area contributed by atoms with Crippen molar-refractivity contribution in [3.8, 4) is 5.75 Å². The average molecular weight is 397 g/mol. The number of halogens is 1. The first-order valence-electron chi connectivity index (χ1n) is 8.84. The highest BCUT2D eigenvalue weighted by molar-refractivity contribution is 6.32. The number of nitrogens with one attached hydrogen (secondary N) is 2. The maximum atomic E-state index is 12.4. The molecular weight excluding hydrogens is 376 g/mol. The van der Waals surface area contributed by atoms with Gasteiger partial charge in [-0.15, -0.1) is 0 Å². The minimum atomic E-state index is -0.370. The maximum Gasteiger partial charge on any atom is 0.275 e. The first-order valence-corrected chi connectivity index (χ1v) is 9.22. The van der Waals surface area contributed by atoms with Gasteiger partial charge in [-0.1, -0.05) is 36.7 Å². The van der Waals surface area contributed by atoms with Crippen molar-refractivity contribution in [2.24, 2.45) is 0 Å². The van der Waals surface area contributed by atoms with Gasteiger partial charge in [-0.2, -0.15) is 0 Å². The average Bonchev–Trinajstić information content (AvgIpc) is 2.70.